The molecule has 0 aliphatic carbocycles. The summed E-state index contributed by atoms with van der Waals surface area (Å²) in [5.41, 5.74) is 2.39. The Morgan fingerprint density at radius 2 is 1.93 bits per heavy atom. The van der Waals surface area contributed by atoms with Crippen molar-refractivity contribution < 1.29 is 14.6 Å². The SMILES string of the molecule is COc1cc(CN(C)CCc2cnn(C)c2)ccc1OC[C@@H](O)CN(C)C(C)C. The van der Waals surface area contributed by atoms with Gasteiger partial charge in [-0.05, 0) is 57.6 Å². The molecule has 0 radical (unpaired) electrons. The molecule has 0 bridgehead atoms. The highest BCUT2D eigenvalue weighted by Gasteiger charge is 2.14. The van der Waals surface area contributed by atoms with Crippen LogP contribution in [0.3, 0.4) is 0 Å². The van der Waals surface area contributed by atoms with Crippen molar-refractivity contribution in [2.45, 2.75) is 39.0 Å². The van der Waals surface area contributed by atoms with Gasteiger partial charge in [-0.1, -0.05) is 6.07 Å². The number of rotatable bonds is 12. The van der Waals surface area contributed by atoms with Gasteiger partial charge in [0.05, 0.1) is 13.3 Å². The summed E-state index contributed by atoms with van der Waals surface area (Å²) < 4.78 is 13.1. The number of methoxy groups -OCH3 is 1. The molecule has 0 saturated carbocycles. The van der Waals surface area contributed by atoms with Gasteiger partial charge < -0.3 is 24.4 Å². The third-order valence-corrected chi connectivity index (χ3v) is 5.03. The molecule has 29 heavy (non-hydrogen) atoms. The number of aromatic nitrogens is 2. The molecule has 1 atom stereocenters. The summed E-state index contributed by atoms with van der Waals surface area (Å²) in [4.78, 5) is 4.36. The van der Waals surface area contributed by atoms with E-state index < -0.39 is 6.10 Å². The number of ether oxygens (including phenoxy) is 2. The highest BCUT2D eigenvalue weighted by molar-refractivity contribution is 5.43. The van der Waals surface area contributed by atoms with Gasteiger partial charge in [0.15, 0.2) is 11.5 Å². The minimum atomic E-state index is -0.551. The van der Waals surface area contributed by atoms with Crippen LogP contribution in [0.2, 0.25) is 0 Å². The van der Waals surface area contributed by atoms with Gasteiger partial charge in [-0.3, -0.25) is 4.68 Å². The molecule has 0 fully saturated rings. The minimum Gasteiger partial charge on any atom is -0.493 e. The highest BCUT2D eigenvalue weighted by Crippen LogP contribution is 2.28. The first kappa shape index (κ1) is 23.2. The first-order valence-corrected chi connectivity index (χ1v) is 10.1. The largest absolute Gasteiger partial charge is 0.493 e. The molecule has 0 spiro atoms. The fraction of sp³-hybridized carbons (Fsp3) is 0.591. The average molecular weight is 405 g/mol. The van der Waals surface area contributed by atoms with Gasteiger partial charge >= 0.3 is 0 Å². The predicted molar refractivity (Wildman–Crippen MR) is 116 cm³/mol. The van der Waals surface area contributed by atoms with Crippen molar-refractivity contribution in [1.82, 2.24) is 19.6 Å². The van der Waals surface area contributed by atoms with Crippen molar-refractivity contribution >= 4 is 0 Å². The maximum absolute atomic E-state index is 10.2. The summed E-state index contributed by atoms with van der Waals surface area (Å²) in [7, 11) is 7.68. The van der Waals surface area contributed by atoms with Gasteiger partial charge in [-0.2, -0.15) is 5.10 Å². The fourth-order valence-electron chi connectivity index (χ4n) is 3.02. The first-order valence-electron chi connectivity index (χ1n) is 10.1. The third-order valence-electron chi connectivity index (χ3n) is 5.03. The zero-order valence-corrected chi connectivity index (χ0v) is 18.6. The van der Waals surface area contributed by atoms with Crippen LogP contribution in [0.25, 0.3) is 0 Å². The van der Waals surface area contributed by atoms with Crippen LogP contribution in [-0.4, -0.2) is 77.7 Å². The van der Waals surface area contributed by atoms with Crippen LogP contribution < -0.4 is 9.47 Å². The van der Waals surface area contributed by atoms with E-state index in [1.807, 2.05) is 43.2 Å². The van der Waals surface area contributed by atoms with Crippen molar-refractivity contribution in [2.75, 3.05) is 40.9 Å². The molecule has 0 aliphatic heterocycles. The minimum absolute atomic E-state index is 0.234. The molecule has 2 aromatic rings. The predicted octanol–water partition coefficient (Wildman–Crippen LogP) is 2.18. The second kappa shape index (κ2) is 11.2. The Morgan fingerprint density at radius 3 is 2.55 bits per heavy atom. The van der Waals surface area contributed by atoms with E-state index in [2.05, 4.69) is 42.0 Å². The quantitative estimate of drug-likeness (QED) is 0.585. The lowest BCUT2D eigenvalue weighted by atomic mass is 10.1. The summed E-state index contributed by atoms with van der Waals surface area (Å²) in [6, 6.07) is 6.35. The zero-order valence-electron chi connectivity index (χ0n) is 18.6. The zero-order chi connectivity index (χ0) is 21.4. The van der Waals surface area contributed by atoms with Crippen LogP contribution in [0.4, 0.5) is 0 Å². The van der Waals surface area contributed by atoms with Crippen LogP contribution in [0.15, 0.2) is 30.6 Å². The Hall–Kier alpha value is -2.09. The molecular weight excluding hydrogens is 368 g/mol. The van der Waals surface area contributed by atoms with Gasteiger partial charge in [0.1, 0.15) is 12.7 Å². The average Bonchev–Trinajstić information content (AvgIpc) is 3.10. The molecule has 1 aromatic heterocycles. The van der Waals surface area contributed by atoms with E-state index in [0.29, 0.717) is 24.1 Å². The molecule has 0 amide bonds. The topological polar surface area (TPSA) is 63.0 Å². The van der Waals surface area contributed by atoms with Crippen LogP contribution in [0.5, 0.6) is 11.5 Å². The van der Waals surface area contributed by atoms with Crippen molar-refractivity contribution in [2.24, 2.45) is 7.05 Å². The van der Waals surface area contributed by atoms with Crippen LogP contribution >= 0.6 is 0 Å². The Kier molecular flexibility index (Phi) is 8.95. The lowest BCUT2D eigenvalue weighted by molar-refractivity contribution is 0.0668. The van der Waals surface area contributed by atoms with Gasteiger partial charge in [-0.25, -0.2) is 0 Å². The second-order valence-corrected chi connectivity index (χ2v) is 7.99. The molecule has 0 aliphatic rings. The standard InChI is InChI=1S/C22H36N4O3/c1-17(2)25(4)15-20(27)16-29-21-8-7-18(11-22(21)28-6)13-24(3)10-9-19-12-23-26(5)14-19/h7-8,11-12,14,17,20,27H,9-10,13,15-16H2,1-6H3/t20-/m0/s1. The highest BCUT2D eigenvalue weighted by atomic mass is 16.5. The van der Waals surface area contributed by atoms with E-state index in [1.54, 1.807) is 7.11 Å². The monoisotopic (exact) mass is 404 g/mol. The molecular formula is C22H36N4O3. The van der Waals surface area contributed by atoms with Crippen molar-refractivity contribution in [3.63, 3.8) is 0 Å². The van der Waals surface area contributed by atoms with Crippen molar-refractivity contribution in [1.29, 1.82) is 0 Å². The lowest BCUT2D eigenvalue weighted by Gasteiger charge is -2.24. The van der Waals surface area contributed by atoms with Gasteiger partial charge in [-0.15, -0.1) is 0 Å². The van der Waals surface area contributed by atoms with E-state index in [1.165, 1.54) is 5.56 Å². The van der Waals surface area contributed by atoms with Crippen LogP contribution in [-0.2, 0) is 20.0 Å². The Bertz CT molecular complexity index is 747. The van der Waals surface area contributed by atoms with Crippen molar-refractivity contribution in [3.05, 3.63) is 41.7 Å². The molecule has 7 nitrogen and oxygen atoms in total. The van der Waals surface area contributed by atoms with E-state index in [9.17, 15) is 5.11 Å². The Balaban J connectivity index is 1.86. The number of likely N-dealkylation sites (N-methyl/N-ethyl adjacent to an activating group) is 2. The summed E-state index contributed by atoms with van der Waals surface area (Å²) in [6.07, 6.45) is 4.38. The van der Waals surface area contributed by atoms with E-state index in [-0.39, 0.29) is 6.61 Å². The Labute approximate surface area is 174 Å². The molecule has 2 rings (SSSR count). The van der Waals surface area contributed by atoms with Gasteiger partial charge in [0, 0.05) is 38.9 Å². The van der Waals surface area contributed by atoms with Crippen LogP contribution in [0, 0.1) is 0 Å². The molecule has 1 N–H and O–H groups in total. The molecule has 162 valence electrons. The van der Waals surface area contributed by atoms with E-state index in [4.69, 9.17) is 9.47 Å². The van der Waals surface area contributed by atoms with Gasteiger partial charge in [0.25, 0.3) is 0 Å². The summed E-state index contributed by atoms with van der Waals surface area (Å²) in [5, 5.41) is 14.4. The Morgan fingerprint density at radius 1 is 1.17 bits per heavy atom. The number of hydrogen-bond donors (Lipinski definition) is 1. The normalized spacial score (nSPS) is 12.8. The maximum atomic E-state index is 10.2. The number of aliphatic hydroxyl groups excluding tert-OH is 1. The summed E-state index contributed by atoms with van der Waals surface area (Å²) in [5.74, 6) is 1.34. The molecule has 0 saturated heterocycles. The third kappa shape index (κ3) is 7.68. The van der Waals surface area contributed by atoms with E-state index >= 15 is 0 Å². The lowest BCUT2D eigenvalue weighted by Crippen LogP contribution is -2.36. The van der Waals surface area contributed by atoms with Crippen molar-refractivity contribution in [3.8, 4) is 11.5 Å². The van der Waals surface area contributed by atoms with Crippen LogP contribution in [0.1, 0.15) is 25.0 Å². The smallest absolute Gasteiger partial charge is 0.161 e. The number of nitrogens with zero attached hydrogens (tertiary/aromatic N) is 4. The fourth-order valence-corrected chi connectivity index (χ4v) is 3.02. The summed E-state index contributed by atoms with van der Waals surface area (Å²) >= 11 is 0. The van der Waals surface area contributed by atoms with Gasteiger partial charge in [0.2, 0.25) is 0 Å². The first-order chi connectivity index (χ1) is 13.8. The molecule has 1 heterocycles. The number of aryl methyl sites for hydroxylation is 1. The summed E-state index contributed by atoms with van der Waals surface area (Å²) in [6.45, 7) is 6.77. The second-order valence-electron chi connectivity index (χ2n) is 7.99. The number of aliphatic hydroxyl groups is 1. The molecule has 0 unspecified atom stereocenters. The molecule has 1 aromatic carbocycles. The number of benzene rings is 1. The number of hydrogen-bond acceptors (Lipinski definition) is 6. The molecule has 7 heteroatoms. The maximum Gasteiger partial charge on any atom is 0.161 e. The van der Waals surface area contributed by atoms with E-state index in [0.717, 1.165) is 25.1 Å².